The average Bonchev–Trinajstić information content (AvgIpc) is 2.27. The number of hydrogen-bond donors (Lipinski definition) is 1. The van der Waals surface area contributed by atoms with Crippen LogP contribution in [0, 0.1) is 0 Å². The van der Waals surface area contributed by atoms with Gasteiger partial charge in [-0.2, -0.15) is 0 Å². The molecule has 0 saturated carbocycles. The van der Waals surface area contributed by atoms with Crippen molar-refractivity contribution in [1.82, 2.24) is 0 Å². The van der Waals surface area contributed by atoms with Gasteiger partial charge < -0.3 is 9.84 Å². The van der Waals surface area contributed by atoms with Gasteiger partial charge in [-0.25, -0.2) is 9.59 Å². The number of carboxylic acids is 1. The smallest absolute Gasteiger partial charge is 0.336 e. The topological polar surface area (TPSA) is 63.6 Å². The Hall–Kier alpha value is -2.10. The molecule has 1 aromatic rings. The molecule has 0 unspecified atom stereocenters. The fourth-order valence-electron chi connectivity index (χ4n) is 1.19. The van der Waals surface area contributed by atoms with E-state index in [-0.39, 0.29) is 5.56 Å². The third-order valence-electron chi connectivity index (χ3n) is 1.88. The predicted molar refractivity (Wildman–Crippen MR) is 59.1 cm³/mol. The summed E-state index contributed by atoms with van der Waals surface area (Å²) in [6.07, 6.45) is 2.65. The quantitative estimate of drug-likeness (QED) is 0.622. The average molecular weight is 220 g/mol. The summed E-state index contributed by atoms with van der Waals surface area (Å²) < 4.78 is 4.69. The minimum Gasteiger partial charge on any atom is -0.478 e. The number of benzene rings is 1. The molecule has 1 rings (SSSR count). The van der Waals surface area contributed by atoms with Crippen molar-refractivity contribution in [2.24, 2.45) is 0 Å². The first-order chi connectivity index (χ1) is 7.65. The molecule has 0 amide bonds. The zero-order chi connectivity index (χ0) is 12.0. The highest BCUT2D eigenvalue weighted by Gasteiger charge is 2.06. The van der Waals surface area contributed by atoms with Gasteiger partial charge in [0.15, 0.2) is 0 Å². The van der Waals surface area contributed by atoms with Gasteiger partial charge in [-0.15, -0.1) is 0 Å². The van der Waals surface area contributed by atoms with Gasteiger partial charge in [0.05, 0.1) is 12.2 Å². The van der Waals surface area contributed by atoms with Crippen LogP contribution in [0.15, 0.2) is 30.3 Å². The van der Waals surface area contributed by atoms with E-state index in [1.807, 2.05) is 0 Å². The Balaban J connectivity index is 2.88. The van der Waals surface area contributed by atoms with Crippen LogP contribution in [0.2, 0.25) is 0 Å². The summed E-state index contributed by atoms with van der Waals surface area (Å²) >= 11 is 0. The highest BCUT2D eigenvalue weighted by Crippen LogP contribution is 2.10. The molecule has 0 heterocycles. The zero-order valence-electron chi connectivity index (χ0n) is 8.84. The number of carboxylic acid groups (broad SMARTS) is 1. The van der Waals surface area contributed by atoms with E-state index >= 15 is 0 Å². The van der Waals surface area contributed by atoms with E-state index in [4.69, 9.17) is 9.84 Å². The maximum Gasteiger partial charge on any atom is 0.336 e. The summed E-state index contributed by atoms with van der Waals surface area (Å²) in [5, 5.41) is 8.88. The highest BCUT2D eigenvalue weighted by molar-refractivity contribution is 5.94. The lowest BCUT2D eigenvalue weighted by Gasteiger charge is -1.99. The molecular weight excluding hydrogens is 208 g/mol. The Morgan fingerprint density at radius 2 is 2.06 bits per heavy atom. The standard InChI is InChI=1S/C12H12O4/c1-2-16-11(13)8-7-9-5-3-4-6-10(9)12(14)15/h3-8H,2H2,1H3,(H,14,15). The fourth-order valence-corrected chi connectivity index (χ4v) is 1.19. The second-order valence-electron chi connectivity index (χ2n) is 2.98. The number of carbonyl (C=O) groups is 2. The van der Waals surface area contributed by atoms with Crippen molar-refractivity contribution in [3.63, 3.8) is 0 Å². The summed E-state index contributed by atoms with van der Waals surface area (Å²) in [6, 6.07) is 6.44. The number of esters is 1. The van der Waals surface area contributed by atoms with Crippen molar-refractivity contribution < 1.29 is 19.4 Å². The predicted octanol–water partition coefficient (Wildman–Crippen LogP) is 1.96. The minimum atomic E-state index is -1.02. The van der Waals surface area contributed by atoms with E-state index in [0.717, 1.165) is 0 Å². The lowest BCUT2D eigenvalue weighted by Crippen LogP contribution is -2.01. The summed E-state index contributed by atoms with van der Waals surface area (Å²) in [5.41, 5.74) is 0.631. The van der Waals surface area contributed by atoms with Crippen LogP contribution < -0.4 is 0 Å². The molecule has 1 aromatic carbocycles. The van der Waals surface area contributed by atoms with E-state index in [9.17, 15) is 9.59 Å². The van der Waals surface area contributed by atoms with Crippen molar-refractivity contribution in [3.05, 3.63) is 41.5 Å². The second kappa shape index (κ2) is 5.70. The summed E-state index contributed by atoms with van der Waals surface area (Å²) in [4.78, 5) is 21.9. The molecule has 0 aliphatic heterocycles. The van der Waals surface area contributed by atoms with Crippen LogP contribution in [0.5, 0.6) is 0 Å². The lowest BCUT2D eigenvalue weighted by atomic mass is 10.1. The SMILES string of the molecule is CCOC(=O)C=Cc1ccccc1C(=O)O. The van der Waals surface area contributed by atoms with Gasteiger partial charge in [0.2, 0.25) is 0 Å². The van der Waals surface area contributed by atoms with Crippen LogP contribution in [0.3, 0.4) is 0 Å². The molecule has 0 radical (unpaired) electrons. The maximum absolute atomic E-state index is 11.0. The minimum absolute atomic E-state index is 0.156. The highest BCUT2D eigenvalue weighted by atomic mass is 16.5. The Morgan fingerprint density at radius 3 is 2.69 bits per heavy atom. The molecule has 0 bridgehead atoms. The normalized spacial score (nSPS) is 10.3. The van der Waals surface area contributed by atoms with Crippen LogP contribution in [0.25, 0.3) is 6.08 Å². The molecule has 84 valence electrons. The molecule has 4 heteroatoms. The van der Waals surface area contributed by atoms with Gasteiger partial charge in [-0.05, 0) is 24.6 Å². The largest absolute Gasteiger partial charge is 0.478 e. The number of carbonyl (C=O) groups excluding carboxylic acids is 1. The van der Waals surface area contributed by atoms with Crippen molar-refractivity contribution in [3.8, 4) is 0 Å². The molecule has 16 heavy (non-hydrogen) atoms. The fraction of sp³-hybridized carbons (Fsp3) is 0.167. The summed E-state index contributed by atoms with van der Waals surface area (Å²) in [5.74, 6) is -1.51. The second-order valence-corrected chi connectivity index (χ2v) is 2.98. The lowest BCUT2D eigenvalue weighted by molar-refractivity contribution is -0.137. The summed E-state index contributed by atoms with van der Waals surface area (Å²) in [6.45, 7) is 2.00. The molecule has 0 aliphatic carbocycles. The number of rotatable bonds is 4. The molecule has 0 aromatic heterocycles. The first-order valence-electron chi connectivity index (χ1n) is 4.82. The first kappa shape index (κ1) is 12.0. The van der Waals surface area contributed by atoms with E-state index in [1.54, 1.807) is 25.1 Å². The van der Waals surface area contributed by atoms with Crippen LogP contribution in [0.1, 0.15) is 22.8 Å². The maximum atomic E-state index is 11.0. The van der Waals surface area contributed by atoms with Gasteiger partial charge >= 0.3 is 11.9 Å². The van der Waals surface area contributed by atoms with Gasteiger partial charge in [0.1, 0.15) is 0 Å². The van der Waals surface area contributed by atoms with E-state index in [0.29, 0.717) is 12.2 Å². The number of hydrogen-bond acceptors (Lipinski definition) is 3. The van der Waals surface area contributed by atoms with Crippen LogP contribution in [0.4, 0.5) is 0 Å². The van der Waals surface area contributed by atoms with Gasteiger partial charge in [-0.3, -0.25) is 0 Å². The molecule has 0 saturated heterocycles. The summed E-state index contributed by atoms with van der Waals surface area (Å²) in [7, 11) is 0. The first-order valence-corrected chi connectivity index (χ1v) is 4.82. The molecule has 0 spiro atoms. The monoisotopic (exact) mass is 220 g/mol. The van der Waals surface area contributed by atoms with Gasteiger partial charge in [0, 0.05) is 6.08 Å². The molecule has 0 aliphatic rings. The molecule has 1 N–H and O–H groups in total. The number of aromatic carboxylic acids is 1. The van der Waals surface area contributed by atoms with Gasteiger partial charge in [0.25, 0.3) is 0 Å². The zero-order valence-corrected chi connectivity index (χ0v) is 8.84. The van der Waals surface area contributed by atoms with E-state index < -0.39 is 11.9 Å². The number of ether oxygens (including phenoxy) is 1. The third kappa shape index (κ3) is 3.24. The Labute approximate surface area is 93.2 Å². The third-order valence-corrected chi connectivity index (χ3v) is 1.88. The van der Waals surface area contributed by atoms with E-state index in [2.05, 4.69) is 0 Å². The molecule has 0 fully saturated rings. The molecule has 0 atom stereocenters. The van der Waals surface area contributed by atoms with Crippen LogP contribution >= 0.6 is 0 Å². The van der Waals surface area contributed by atoms with Crippen molar-refractivity contribution in [2.45, 2.75) is 6.92 Å². The van der Waals surface area contributed by atoms with Crippen LogP contribution in [-0.4, -0.2) is 23.7 Å². The van der Waals surface area contributed by atoms with Crippen molar-refractivity contribution in [2.75, 3.05) is 6.61 Å². The Morgan fingerprint density at radius 1 is 1.38 bits per heavy atom. The Bertz CT molecular complexity index is 421. The molecule has 4 nitrogen and oxygen atoms in total. The van der Waals surface area contributed by atoms with Crippen molar-refractivity contribution >= 4 is 18.0 Å². The molecular formula is C12H12O4. The van der Waals surface area contributed by atoms with Crippen molar-refractivity contribution in [1.29, 1.82) is 0 Å². The van der Waals surface area contributed by atoms with Gasteiger partial charge in [-0.1, -0.05) is 18.2 Å². The van der Waals surface area contributed by atoms with Crippen LogP contribution in [-0.2, 0) is 9.53 Å². The Kier molecular flexibility index (Phi) is 4.27. The van der Waals surface area contributed by atoms with E-state index in [1.165, 1.54) is 18.2 Å².